The summed E-state index contributed by atoms with van der Waals surface area (Å²) in [6, 6.07) is 7.20. The van der Waals surface area contributed by atoms with Crippen LogP contribution in [0.4, 0.5) is 11.4 Å². The van der Waals surface area contributed by atoms with Gasteiger partial charge in [-0.05, 0) is 17.7 Å². The maximum atomic E-state index is 12.2. The van der Waals surface area contributed by atoms with E-state index >= 15 is 0 Å². The molecule has 24 heavy (non-hydrogen) atoms. The Labute approximate surface area is 146 Å². The van der Waals surface area contributed by atoms with E-state index < -0.39 is 10.8 Å². The number of nitro benzene ring substituents is 1. The van der Waals surface area contributed by atoms with Crippen LogP contribution < -0.4 is 5.32 Å². The Kier molecular flexibility index (Phi) is 5.47. The number of aromatic nitrogens is 1. The first kappa shape index (κ1) is 17.4. The Balaban J connectivity index is 2.31. The number of carbonyl (C=O) groups excluding carboxylic acids is 1. The average molecular weight is 363 g/mol. The lowest BCUT2D eigenvalue weighted by atomic mass is 10.1. The molecule has 9 heteroatoms. The van der Waals surface area contributed by atoms with Crippen molar-refractivity contribution in [2.45, 2.75) is 0 Å². The lowest BCUT2D eigenvalue weighted by Crippen LogP contribution is -2.14. The van der Waals surface area contributed by atoms with Crippen LogP contribution in [0.15, 0.2) is 42.2 Å². The third kappa shape index (κ3) is 4.07. The summed E-state index contributed by atoms with van der Waals surface area (Å²) in [5.41, 5.74) is 0.0363. The SMILES string of the molecule is N#C/C(=C\c1cccnc1)C(=O)Nc1c(Cl)cc([N+](=O)[O-])cc1Cl. The van der Waals surface area contributed by atoms with Crippen molar-refractivity contribution in [2.75, 3.05) is 5.32 Å². The van der Waals surface area contributed by atoms with Crippen LogP contribution in [0.2, 0.25) is 10.0 Å². The number of nitrogens with zero attached hydrogens (tertiary/aromatic N) is 3. The second-order valence-corrected chi connectivity index (χ2v) is 5.27. The zero-order chi connectivity index (χ0) is 17.7. The van der Waals surface area contributed by atoms with Gasteiger partial charge in [0.1, 0.15) is 11.6 Å². The molecular weight excluding hydrogens is 355 g/mol. The first-order valence-corrected chi connectivity index (χ1v) is 7.14. The molecule has 0 aliphatic heterocycles. The van der Waals surface area contributed by atoms with Gasteiger partial charge in [-0.3, -0.25) is 19.9 Å². The second-order valence-electron chi connectivity index (χ2n) is 4.45. The number of anilines is 1. The molecule has 2 rings (SSSR count). The van der Waals surface area contributed by atoms with E-state index in [1.54, 1.807) is 24.4 Å². The maximum absolute atomic E-state index is 12.2. The molecule has 0 radical (unpaired) electrons. The van der Waals surface area contributed by atoms with Crippen LogP contribution in [-0.2, 0) is 4.79 Å². The molecule has 7 nitrogen and oxygen atoms in total. The lowest BCUT2D eigenvalue weighted by molar-refractivity contribution is -0.384. The van der Waals surface area contributed by atoms with Gasteiger partial charge >= 0.3 is 0 Å². The van der Waals surface area contributed by atoms with Crippen molar-refractivity contribution in [1.29, 1.82) is 5.26 Å². The van der Waals surface area contributed by atoms with Gasteiger partial charge in [-0.25, -0.2) is 0 Å². The third-order valence-corrected chi connectivity index (χ3v) is 3.43. The maximum Gasteiger partial charge on any atom is 0.272 e. The average Bonchev–Trinajstić information content (AvgIpc) is 2.56. The number of carbonyl (C=O) groups is 1. The van der Waals surface area contributed by atoms with Crippen molar-refractivity contribution in [1.82, 2.24) is 4.98 Å². The second kappa shape index (κ2) is 7.55. The highest BCUT2D eigenvalue weighted by Crippen LogP contribution is 2.34. The molecule has 0 atom stereocenters. The molecule has 0 unspecified atom stereocenters. The topological polar surface area (TPSA) is 109 Å². The number of pyridine rings is 1. The van der Waals surface area contributed by atoms with E-state index in [-0.39, 0.29) is 27.0 Å². The summed E-state index contributed by atoms with van der Waals surface area (Å²) in [5, 5.41) is 22.0. The van der Waals surface area contributed by atoms with Crippen molar-refractivity contribution in [3.05, 3.63) is 68.0 Å². The number of rotatable bonds is 4. The number of benzene rings is 1. The summed E-state index contributed by atoms with van der Waals surface area (Å²) in [4.78, 5) is 26.2. The third-order valence-electron chi connectivity index (χ3n) is 2.84. The van der Waals surface area contributed by atoms with Crippen LogP contribution in [-0.4, -0.2) is 15.8 Å². The van der Waals surface area contributed by atoms with Gasteiger partial charge in [0.25, 0.3) is 11.6 Å². The molecule has 1 amide bonds. The normalized spacial score (nSPS) is 10.8. The molecule has 120 valence electrons. The van der Waals surface area contributed by atoms with Gasteiger partial charge in [0.05, 0.1) is 20.7 Å². The Morgan fingerprint density at radius 3 is 2.54 bits per heavy atom. The lowest BCUT2D eigenvalue weighted by Gasteiger charge is -2.08. The molecule has 0 fully saturated rings. The first-order valence-electron chi connectivity index (χ1n) is 6.39. The van der Waals surface area contributed by atoms with E-state index in [2.05, 4.69) is 10.3 Å². The van der Waals surface area contributed by atoms with Crippen LogP contribution in [0.3, 0.4) is 0 Å². The molecule has 0 saturated heterocycles. The van der Waals surface area contributed by atoms with Gasteiger partial charge < -0.3 is 5.32 Å². The summed E-state index contributed by atoms with van der Waals surface area (Å²) in [6.07, 6.45) is 4.38. The number of non-ortho nitro benzene ring substituents is 1. The minimum atomic E-state index is -0.751. The molecule has 1 N–H and O–H groups in total. The molecule has 1 aromatic carbocycles. The number of nitrogens with one attached hydrogen (secondary N) is 1. The fourth-order valence-electron chi connectivity index (χ4n) is 1.74. The Morgan fingerprint density at radius 2 is 2.04 bits per heavy atom. The zero-order valence-electron chi connectivity index (χ0n) is 11.9. The van der Waals surface area contributed by atoms with Gasteiger partial charge in [0, 0.05) is 24.5 Å². The van der Waals surface area contributed by atoms with Crippen molar-refractivity contribution < 1.29 is 9.72 Å². The van der Waals surface area contributed by atoms with Crippen LogP contribution in [0.1, 0.15) is 5.56 Å². The van der Waals surface area contributed by atoms with Gasteiger partial charge in [0.2, 0.25) is 0 Å². The summed E-state index contributed by atoms with van der Waals surface area (Å²) in [7, 11) is 0. The molecule has 2 aromatic rings. The van der Waals surface area contributed by atoms with E-state index in [0.717, 1.165) is 12.1 Å². The number of nitriles is 1. The fourth-order valence-corrected chi connectivity index (χ4v) is 2.31. The fraction of sp³-hybridized carbons (Fsp3) is 0. The Hall–Kier alpha value is -2.95. The monoisotopic (exact) mass is 362 g/mol. The minimum absolute atomic E-state index is 0.0127. The van der Waals surface area contributed by atoms with Crippen LogP contribution in [0.5, 0.6) is 0 Å². The molecule has 0 bridgehead atoms. The van der Waals surface area contributed by atoms with Gasteiger partial charge in [-0.1, -0.05) is 29.3 Å². The van der Waals surface area contributed by atoms with Crippen molar-refractivity contribution in [3.63, 3.8) is 0 Å². The van der Waals surface area contributed by atoms with E-state index in [0.29, 0.717) is 5.56 Å². The van der Waals surface area contributed by atoms with Crippen LogP contribution in [0.25, 0.3) is 6.08 Å². The van der Waals surface area contributed by atoms with E-state index in [1.807, 2.05) is 0 Å². The number of amides is 1. The highest BCUT2D eigenvalue weighted by atomic mass is 35.5. The Morgan fingerprint density at radius 1 is 1.38 bits per heavy atom. The highest BCUT2D eigenvalue weighted by molar-refractivity contribution is 6.40. The number of halogens is 2. The molecule has 0 saturated carbocycles. The van der Waals surface area contributed by atoms with E-state index in [4.69, 9.17) is 28.5 Å². The molecule has 0 aliphatic carbocycles. The molecule has 1 aromatic heterocycles. The summed E-state index contributed by atoms with van der Waals surface area (Å²) in [6.45, 7) is 0. The molecule has 1 heterocycles. The van der Waals surface area contributed by atoms with Gasteiger partial charge in [0.15, 0.2) is 0 Å². The van der Waals surface area contributed by atoms with E-state index in [1.165, 1.54) is 12.3 Å². The quantitative estimate of drug-likeness (QED) is 0.384. The smallest absolute Gasteiger partial charge is 0.272 e. The van der Waals surface area contributed by atoms with Gasteiger partial charge in [-0.2, -0.15) is 5.26 Å². The number of nitro groups is 1. The number of hydrogen-bond donors (Lipinski definition) is 1. The van der Waals surface area contributed by atoms with E-state index in [9.17, 15) is 14.9 Å². The number of hydrogen-bond acceptors (Lipinski definition) is 5. The molecular formula is C15H8Cl2N4O3. The predicted molar refractivity (Wildman–Crippen MR) is 89.6 cm³/mol. The standard InChI is InChI=1S/C15H8Cl2N4O3/c16-12-5-11(21(23)24)6-13(17)14(12)20-15(22)10(7-18)4-9-2-1-3-19-8-9/h1-6,8H,(H,20,22)/b10-4+. The predicted octanol–water partition coefficient (Wildman–Crippen LogP) is 3.84. The van der Waals surface area contributed by atoms with Crippen LogP contribution >= 0.6 is 23.2 Å². The van der Waals surface area contributed by atoms with Crippen molar-refractivity contribution in [3.8, 4) is 6.07 Å². The summed E-state index contributed by atoms with van der Waals surface area (Å²) in [5.74, 6) is -0.751. The summed E-state index contributed by atoms with van der Waals surface area (Å²) < 4.78 is 0. The first-order chi connectivity index (χ1) is 11.4. The Bertz CT molecular complexity index is 853. The highest BCUT2D eigenvalue weighted by Gasteiger charge is 2.18. The molecule has 0 aliphatic rings. The largest absolute Gasteiger partial charge is 0.319 e. The van der Waals surface area contributed by atoms with Crippen LogP contribution in [0, 0.1) is 21.4 Å². The van der Waals surface area contributed by atoms with Crippen molar-refractivity contribution >= 4 is 46.6 Å². The molecule has 0 spiro atoms. The van der Waals surface area contributed by atoms with Crippen molar-refractivity contribution in [2.24, 2.45) is 0 Å². The summed E-state index contributed by atoms with van der Waals surface area (Å²) >= 11 is 11.8. The van der Waals surface area contributed by atoms with Gasteiger partial charge in [-0.15, -0.1) is 0 Å². The zero-order valence-corrected chi connectivity index (χ0v) is 13.4. The minimum Gasteiger partial charge on any atom is -0.319 e.